The summed E-state index contributed by atoms with van der Waals surface area (Å²) in [7, 11) is 0. The Morgan fingerprint density at radius 1 is 1.14 bits per heavy atom. The molecule has 0 aliphatic rings. The van der Waals surface area contributed by atoms with Gasteiger partial charge in [0.1, 0.15) is 0 Å². The van der Waals surface area contributed by atoms with Crippen LogP contribution in [0.5, 0.6) is 0 Å². The van der Waals surface area contributed by atoms with Gasteiger partial charge in [0.2, 0.25) is 0 Å². The third-order valence-electron chi connectivity index (χ3n) is 3.98. The molecule has 3 heteroatoms. The molecular formula is C18H27N3. The molecular weight excluding hydrogens is 258 g/mol. The number of benzene rings is 1. The second kappa shape index (κ2) is 6.90. The van der Waals surface area contributed by atoms with Crippen molar-refractivity contribution in [2.75, 3.05) is 6.54 Å². The number of hydrogen-bond donors (Lipinski definition) is 1. The molecule has 0 aliphatic carbocycles. The lowest BCUT2D eigenvalue weighted by molar-refractivity contribution is 0.550. The van der Waals surface area contributed by atoms with Gasteiger partial charge in [-0.05, 0) is 49.9 Å². The van der Waals surface area contributed by atoms with Crippen LogP contribution in [0.2, 0.25) is 0 Å². The molecule has 0 spiro atoms. The summed E-state index contributed by atoms with van der Waals surface area (Å²) in [6, 6.07) is 6.64. The first-order valence-corrected chi connectivity index (χ1v) is 7.75. The van der Waals surface area contributed by atoms with Crippen molar-refractivity contribution in [1.82, 2.24) is 15.1 Å². The van der Waals surface area contributed by atoms with E-state index >= 15 is 0 Å². The predicted molar refractivity (Wildman–Crippen MR) is 88.5 cm³/mol. The van der Waals surface area contributed by atoms with Crippen molar-refractivity contribution < 1.29 is 0 Å². The zero-order chi connectivity index (χ0) is 15.4. The van der Waals surface area contributed by atoms with Gasteiger partial charge < -0.3 is 5.32 Å². The van der Waals surface area contributed by atoms with Gasteiger partial charge in [-0.3, -0.25) is 4.68 Å². The highest BCUT2D eigenvalue weighted by Gasteiger charge is 2.07. The summed E-state index contributed by atoms with van der Waals surface area (Å²) in [4.78, 5) is 0. The quantitative estimate of drug-likeness (QED) is 0.879. The molecule has 0 fully saturated rings. The standard InChI is InChI=1S/C18H27N3/c1-13(2)9-19-10-18-11-20-21(16(18)5)12-17-7-6-14(3)15(4)8-17/h6-8,11,13,19H,9-10,12H2,1-5H3. The summed E-state index contributed by atoms with van der Waals surface area (Å²) >= 11 is 0. The Morgan fingerprint density at radius 3 is 2.57 bits per heavy atom. The number of nitrogens with one attached hydrogen (secondary N) is 1. The van der Waals surface area contributed by atoms with Crippen LogP contribution in [0, 0.1) is 26.7 Å². The first-order chi connectivity index (χ1) is 9.97. The minimum Gasteiger partial charge on any atom is -0.312 e. The van der Waals surface area contributed by atoms with E-state index in [4.69, 9.17) is 0 Å². The minimum absolute atomic E-state index is 0.677. The molecule has 1 aromatic carbocycles. The van der Waals surface area contributed by atoms with E-state index in [0.29, 0.717) is 5.92 Å². The van der Waals surface area contributed by atoms with Gasteiger partial charge in [0.05, 0.1) is 12.7 Å². The molecule has 3 nitrogen and oxygen atoms in total. The Kier molecular flexibility index (Phi) is 5.18. The lowest BCUT2D eigenvalue weighted by atomic mass is 10.1. The van der Waals surface area contributed by atoms with Gasteiger partial charge in [0.25, 0.3) is 0 Å². The number of aromatic nitrogens is 2. The molecule has 114 valence electrons. The fourth-order valence-electron chi connectivity index (χ4n) is 2.39. The normalized spacial score (nSPS) is 11.3. The van der Waals surface area contributed by atoms with Crippen molar-refractivity contribution in [2.24, 2.45) is 5.92 Å². The summed E-state index contributed by atoms with van der Waals surface area (Å²) in [5.41, 5.74) is 6.54. The largest absolute Gasteiger partial charge is 0.312 e. The SMILES string of the molecule is Cc1ccc(Cn2ncc(CNCC(C)C)c2C)cc1C. The average molecular weight is 285 g/mol. The Morgan fingerprint density at radius 2 is 1.90 bits per heavy atom. The van der Waals surface area contributed by atoms with Gasteiger partial charge in [-0.1, -0.05) is 32.0 Å². The molecule has 0 saturated heterocycles. The Balaban J connectivity index is 2.04. The molecule has 0 atom stereocenters. The van der Waals surface area contributed by atoms with E-state index in [9.17, 15) is 0 Å². The highest BCUT2D eigenvalue weighted by molar-refractivity contribution is 5.30. The van der Waals surface area contributed by atoms with Gasteiger partial charge in [-0.2, -0.15) is 5.10 Å². The number of aryl methyl sites for hydroxylation is 2. The third kappa shape index (κ3) is 4.18. The second-order valence-electron chi connectivity index (χ2n) is 6.36. The molecule has 0 amide bonds. The lowest BCUT2D eigenvalue weighted by Crippen LogP contribution is -2.19. The summed E-state index contributed by atoms with van der Waals surface area (Å²) in [5, 5.41) is 8.02. The lowest BCUT2D eigenvalue weighted by Gasteiger charge is -2.09. The van der Waals surface area contributed by atoms with E-state index in [1.165, 1.54) is 27.9 Å². The molecule has 2 rings (SSSR count). The molecule has 1 heterocycles. The topological polar surface area (TPSA) is 29.9 Å². The highest BCUT2D eigenvalue weighted by atomic mass is 15.3. The number of hydrogen-bond acceptors (Lipinski definition) is 2. The van der Waals surface area contributed by atoms with Crippen molar-refractivity contribution in [3.63, 3.8) is 0 Å². The van der Waals surface area contributed by atoms with Crippen LogP contribution in [0.1, 0.15) is 41.8 Å². The first-order valence-electron chi connectivity index (χ1n) is 7.75. The van der Waals surface area contributed by atoms with Crippen LogP contribution in [0.3, 0.4) is 0 Å². The molecule has 0 aliphatic heterocycles. The second-order valence-corrected chi connectivity index (χ2v) is 6.36. The summed E-state index contributed by atoms with van der Waals surface area (Å²) in [5.74, 6) is 0.677. The maximum absolute atomic E-state index is 4.54. The van der Waals surface area contributed by atoms with Gasteiger partial charge in [-0.15, -0.1) is 0 Å². The van der Waals surface area contributed by atoms with Crippen molar-refractivity contribution in [3.05, 3.63) is 52.3 Å². The van der Waals surface area contributed by atoms with E-state index in [1.807, 2.05) is 6.20 Å². The van der Waals surface area contributed by atoms with Gasteiger partial charge in [-0.25, -0.2) is 0 Å². The minimum atomic E-state index is 0.677. The smallest absolute Gasteiger partial charge is 0.0662 e. The van der Waals surface area contributed by atoms with E-state index in [0.717, 1.165) is 19.6 Å². The summed E-state index contributed by atoms with van der Waals surface area (Å²) in [6.07, 6.45) is 1.99. The van der Waals surface area contributed by atoms with E-state index < -0.39 is 0 Å². The monoisotopic (exact) mass is 285 g/mol. The fraction of sp³-hybridized carbons (Fsp3) is 0.500. The number of rotatable bonds is 6. The zero-order valence-corrected chi connectivity index (χ0v) is 13.9. The first kappa shape index (κ1) is 15.8. The third-order valence-corrected chi connectivity index (χ3v) is 3.98. The van der Waals surface area contributed by atoms with Crippen LogP contribution < -0.4 is 5.32 Å². The van der Waals surface area contributed by atoms with Gasteiger partial charge in [0, 0.05) is 17.8 Å². The van der Waals surface area contributed by atoms with Crippen LogP contribution in [0.15, 0.2) is 24.4 Å². The van der Waals surface area contributed by atoms with Crippen LogP contribution in [0.4, 0.5) is 0 Å². The Hall–Kier alpha value is -1.61. The molecule has 1 aromatic heterocycles. The molecule has 21 heavy (non-hydrogen) atoms. The van der Waals surface area contributed by atoms with Crippen molar-refractivity contribution in [2.45, 2.75) is 47.7 Å². The fourth-order valence-corrected chi connectivity index (χ4v) is 2.39. The zero-order valence-electron chi connectivity index (χ0n) is 13.9. The van der Waals surface area contributed by atoms with Gasteiger partial charge in [0.15, 0.2) is 0 Å². The molecule has 0 unspecified atom stereocenters. The highest BCUT2D eigenvalue weighted by Crippen LogP contribution is 2.13. The van der Waals surface area contributed by atoms with Crippen LogP contribution in [-0.2, 0) is 13.1 Å². The Bertz CT molecular complexity index is 597. The Labute approximate surface area is 128 Å². The van der Waals surface area contributed by atoms with Crippen LogP contribution >= 0.6 is 0 Å². The molecule has 0 bridgehead atoms. The van der Waals surface area contributed by atoms with Gasteiger partial charge >= 0.3 is 0 Å². The summed E-state index contributed by atoms with van der Waals surface area (Å²) in [6.45, 7) is 13.7. The molecule has 1 N–H and O–H groups in total. The van der Waals surface area contributed by atoms with E-state index in [1.54, 1.807) is 0 Å². The molecule has 2 aromatic rings. The molecule has 0 radical (unpaired) electrons. The maximum atomic E-state index is 4.54. The maximum Gasteiger partial charge on any atom is 0.0662 e. The van der Waals surface area contributed by atoms with Crippen molar-refractivity contribution in [3.8, 4) is 0 Å². The van der Waals surface area contributed by atoms with Crippen LogP contribution in [0.25, 0.3) is 0 Å². The van der Waals surface area contributed by atoms with E-state index in [2.05, 4.69) is 67.9 Å². The van der Waals surface area contributed by atoms with E-state index in [-0.39, 0.29) is 0 Å². The van der Waals surface area contributed by atoms with Crippen LogP contribution in [-0.4, -0.2) is 16.3 Å². The molecule has 0 saturated carbocycles. The average Bonchev–Trinajstić information content (AvgIpc) is 2.75. The summed E-state index contributed by atoms with van der Waals surface area (Å²) < 4.78 is 2.09. The van der Waals surface area contributed by atoms with Crippen molar-refractivity contribution in [1.29, 1.82) is 0 Å². The number of nitrogens with zero attached hydrogens (tertiary/aromatic N) is 2. The van der Waals surface area contributed by atoms with Crippen molar-refractivity contribution >= 4 is 0 Å². The predicted octanol–water partition coefficient (Wildman–Crippen LogP) is 3.60.